The molecule has 1 heterocycles. The molecule has 0 amide bonds. The molecule has 0 atom stereocenters. The van der Waals surface area contributed by atoms with Crippen LogP contribution in [0.1, 0.15) is 27.5 Å². The summed E-state index contributed by atoms with van der Waals surface area (Å²) in [5, 5.41) is 0. The van der Waals surface area contributed by atoms with Crippen molar-refractivity contribution >= 4 is 30.8 Å². The van der Waals surface area contributed by atoms with Crippen molar-refractivity contribution in [2.24, 2.45) is 0 Å². The Bertz CT molecular complexity index is 958. The highest BCUT2D eigenvalue weighted by Gasteiger charge is 2.26. The van der Waals surface area contributed by atoms with E-state index in [0.29, 0.717) is 17.9 Å². The maximum absolute atomic E-state index is 12.3. The van der Waals surface area contributed by atoms with E-state index in [1.54, 1.807) is 25.3 Å². The van der Waals surface area contributed by atoms with Crippen LogP contribution < -0.4 is 4.74 Å². The summed E-state index contributed by atoms with van der Waals surface area (Å²) < 4.78 is 10.7. The molecule has 5 nitrogen and oxygen atoms in total. The summed E-state index contributed by atoms with van der Waals surface area (Å²) >= 11 is 0. The summed E-state index contributed by atoms with van der Waals surface area (Å²) in [7, 11) is 1.59. The molecule has 0 spiro atoms. The number of nitrogens with zero attached hydrogens (tertiary/aromatic N) is 2. The highest BCUT2D eigenvalue weighted by molar-refractivity contribution is 5.89. The molecule has 0 aliphatic carbocycles. The Balaban J connectivity index is 0.00000204. The number of methoxy groups -OCH3 is 1. The van der Waals surface area contributed by atoms with Crippen molar-refractivity contribution in [3.05, 3.63) is 102 Å². The largest absolute Gasteiger partial charge is 0.497 e. The summed E-state index contributed by atoms with van der Waals surface area (Å²) in [4.78, 5) is 17.2. The van der Waals surface area contributed by atoms with Crippen molar-refractivity contribution in [1.82, 2.24) is 9.80 Å². The fraction of sp³-hybridized carbons (Fsp3) is 0.296. The lowest BCUT2D eigenvalue weighted by Gasteiger charge is -2.39. The van der Waals surface area contributed by atoms with Crippen LogP contribution in [0.2, 0.25) is 0 Å². The van der Waals surface area contributed by atoms with E-state index in [2.05, 4.69) is 70.5 Å². The monoisotopic (exact) mass is 502 g/mol. The normalized spacial score (nSPS) is 14.1. The molecule has 3 aromatic carbocycles. The Labute approximate surface area is 214 Å². The lowest BCUT2D eigenvalue weighted by atomic mass is 9.96. The van der Waals surface area contributed by atoms with Gasteiger partial charge in [0.25, 0.3) is 0 Å². The first-order valence-corrected chi connectivity index (χ1v) is 11.1. The molecule has 1 aliphatic rings. The summed E-state index contributed by atoms with van der Waals surface area (Å²) in [6.45, 7) is 4.97. The molecule has 0 radical (unpaired) electrons. The third-order valence-corrected chi connectivity index (χ3v) is 5.95. The number of piperazine rings is 1. The number of rotatable bonds is 8. The van der Waals surface area contributed by atoms with Crippen LogP contribution in [0.4, 0.5) is 0 Å². The van der Waals surface area contributed by atoms with Gasteiger partial charge in [-0.1, -0.05) is 66.7 Å². The van der Waals surface area contributed by atoms with E-state index in [1.165, 1.54) is 11.1 Å². The van der Waals surface area contributed by atoms with Crippen LogP contribution in [-0.2, 0) is 4.74 Å². The molecular weight excluding hydrogens is 471 g/mol. The van der Waals surface area contributed by atoms with Crippen LogP contribution in [0.3, 0.4) is 0 Å². The van der Waals surface area contributed by atoms with Gasteiger partial charge in [0, 0.05) is 32.7 Å². The number of ether oxygens (including phenoxy) is 2. The molecule has 1 saturated heterocycles. The molecule has 7 heteroatoms. The smallest absolute Gasteiger partial charge is 0.338 e. The Morgan fingerprint density at radius 2 is 1.41 bits per heavy atom. The SMILES string of the molecule is COc1cccc(C(=O)OCCN2CCN(C(c3ccccc3)c3ccccc3)CC2)c1.Cl.Cl. The second-order valence-electron chi connectivity index (χ2n) is 7.97. The first-order valence-electron chi connectivity index (χ1n) is 11.1. The minimum atomic E-state index is -0.309. The number of esters is 1. The summed E-state index contributed by atoms with van der Waals surface area (Å²) in [6, 6.07) is 28.7. The molecule has 34 heavy (non-hydrogen) atoms. The maximum atomic E-state index is 12.3. The van der Waals surface area contributed by atoms with Crippen molar-refractivity contribution < 1.29 is 14.3 Å². The van der Waals surface area contributed by atoms with Crippen LogP contribution >= 0.6 is 24.8 Å². The van der Waals surface area contributed by atoms with Gasteiger partial charge >= 0.3 is 5.97 Å². The zero-order valence-electron chi connectivity index (χ0n) is 19.3. The Morgan fingerprint density at radius 1 is 0.824 bits per heavy atom. The highest BCUT2D eigenvalue weighted by atomic mass is 35.5. The molecule has 3 aromatic rings. The van der Waals surface area contributed by atoms with Gasteiger partial charge in [0.2, 0.25) is 0 Å². The van der Waals surface area contributed by atoms with Crippen LogP contribution in [0.15, 0.2) is 84.9 Å². The van der Waals surface area contributed by atoms with Crippen molar-refractivity contribution in [3.8, 4) is 5.75 Å². The minimum Gasteiger partial charge on any atom is -0.497 e. The average molecular weight is 503 g/mol. The van der Waals surface area contributed by atoms with Gasteiger partial charge in [-0.3, -0.25) is 9.80 Å². The number of carbonyl (C=O) groups excluding carboxylic acids is 1. The van der Waals surface area contributed by atoms with E-state index < -0.39 is 0 Å². The lowest BCUT2D eigenvalue weighted by Crippen LogP contribution is -2.48. The molecule has 0 bridgehead atoms. The first-order chi connectivity index (χ1) is 15.7. The lowest BCUT2D eigenvalue weighted by molar-refractivity contribution is 0.0407. The Hall–Kier alpha value is -2.57. The first kappa shape index (κ1) is 27.7. The molecule has 182 valence electrons. The number of carbonyl (C=O) groups is 1. The molecule has 0 saturated carbocycles. The van der Waals surface area contributed by atoms with E-state index in [9.17, 15) is 4.79 Å². The van der Waals surface area contributed by atoms with Gasteiger partial charge in [-0.25, -0.2) is 4.79 Å². The molecule has 1 aliphatic heterocycles. The topological polar surface area (TPSA) is 42.0 Å². The molecular formula is C27H32Cl2N2O3. The number of benzene rings is 3. The van der Waals surface area contributed by atoms with Gasteiger partial charge in [0.15, 0.2) is 0 Å². The fourth-order valence-corrected chi connectivity index (χ4v) is 4.23. The Morgan fingerprint density at radius 3 is 1.97 bits per heavy atom. The van der Waals surface area contributed by atoms with Gasteiger partial charge in [-0.05, 0) is 29.3 Å². The molecule has 1 fully saturated rings. The van der Waals surface area contributed by atoms with E-state index in [1.807, 2.05) is 6.07 Å². The zero-order valence-corrected chi connectivity index (χ0v) is 21.0. The summed E-state index contributed by atoms with van der Waals surface area (Å²) in [5.41, 5.74) is 3.15. The minimum absolute atomic E-state index is 0. The predicted octanol–water partition coefficient (Wildman–Crippen LogP) is 5.10. The standard InChI is InChI=1S/C27H30N2O3.2ClH/c1-31-25-14-8-13-24(21-25)27(30)32-20-19-28-15-17-29(18-16-28)26(22-9-4-2-5-10-22)23-11-6-3-7-12-23;;/h2-14,21,26H,15-20H2,1H3;2*1H. The highest BCUT2D eigenvalue weighted by Crippen LogP contribution is 2.29. The van der Waals surface area contributed by atoms with Crippen LogP contribution in [0.25, 0.3) is 0 Å². The third kappa shape index (κ3) is 7.21. The van der Waals surface area contributed by atoms with Crippen molar-refractivity contribution in [2.75, 3.05) is 46.4 Å². The second kappa shape index (κ2) is 14.0. The van der Waals surface area contributed by atoms with Crippen LogP contribution in [0, 0.1) is 0 Å². The van der Waals surface area contributed by atoms with Crippen molar-refractivity contribution in [1.29, 1.82) is 0 Å². The molecule has 0 N–H and O–H groups in total. The number of hydrogen-bond acceptors (Lipinski definition) is 5. The van der Waals surface area contributed by atoms with Crippen LogP contribution in [-0.4, -0.2) is 62.2 Å². The van der Waals surface area contributed by atoms with Crippen molar-refractivity contribution in [2.45, 2.75) is 6.04 Å². The summed E-state index contributed by atoms with van der Waals surface area (Å²) in [6.07, 6.45) is 0. The van der Waals surface area contributed by atoms with Crippen LogP contribution in [0.5, 0.6) is 5.75 Å². The van der Waals surface area contributed by atoms with E-state index >= 15 is 0 Å². The molecule has 0 unspecified atom stereocenters. The van der Waals surface area contributed by atoms with Gasteiger partial charge in [0.1, 0.15) is 12.4 Å². The quantitative estimate of drug-likeness (QED) is 0.400. The maximum Gasteiger partial charge on any atom is 0.338 e. The van der Waals surface area contributed by atoms with Gasteiger partial charge in [0.05, 0.1) is 18.7 Å². The van der Waals surface area contributed by atoms with Gasteiger partial charge < -0.3 is 9.47 Å². The molecule has 4 rings (SSSR count). The average Bonchev–Trinajstić information content (AvgIpc) is 2.86. The van der Waals surface area contributed by atoms with E-state index in [0.717, 1.165) is 32.7 Å². The zero-order chi connectivity index (χ0) is 22.2. The van der Waals surface area contributed by atoms with E-state index in [-0.39, 0.29) is 36.8 Å². The van der Waals surface area contributed by atoms with Crippen molar-refractivity contribution in [3.63, 3.8) is 0 Å². The third-order valence-electron chi connectivity index (χ3n) is 5.95. The van der Waals surface area contributed by atoms with Gasteiger partial charge in [-0.15, -0.1) is 24.8 Å². The summed E-state index contributed by atoms with van der Waals surface area (Å²) in [5.74, 6) is 0.345. The number of halogens is 2. The molecule has 0 aromatic heterocycles. The fourth-order valence-electron chi connectivity index (χ4n) is 4.23. The van der Waals surface area contributed by atoms with E-state index in [4.69, 9.17) is 9.47 Å². The second-order valence-corrected chi connectivity index (χ2v) is 7.97. The van der Waals surface area contributed by atoms with Gasteiger partial charge in [-0.2, -0.15) is 0 Å². The Kier molecular flexibility index (Phi) is 11.4. The number of hydrogen-bond donors (Lipinski definition) is 0. The predicted molar refractivity (Wildman–Crippen MR) is 141 cm³/mol.